The fraction of sp³-hybridized carbons (Fsp3) is 0.800. The predicted octanol–water partition coefficient (Wildman–Crippen LogP) is 1.10. The van der Waals surface area contributed by atoms with Crippen molar-refractivity contribution >= 4 is 0 Å². The maximum atomic E-state index is 5.17. The van der Waals surface area contributed by atoms with E-state index < -0.39 is 0 Å². The molecule has 0 spiro atoms. The first kappa shape index (κ1) is 3.03. The lowest BCUT2D eigenvalue weighted by Gasteiger charge is -2.21. The van der Waals surface area contributed by atoms with E-state index in [-0.39, 0.29) is 0 Å². The molecule has 2 saturated heterocycles. The lowest BCUT2D eigenvalue weighted by atomic mass is 10.2. The minimum absolute atomic E-state index is 0.653. The second kappa shape index (κ2) is 0.784. The summed E-state index contributed by atoms with van der Waals surface area (Å²) in [6.45, 7) is 0. The lowest BCUT2D eigenvalue weighted by molar-refractivity contribution is 0.0110. The van der Waals surface area contributed by atoms with Crippen molar-refractivity contribution in [2.24, 2.45) is 0 Å². The summed E-state index contributed by atoms with van der Waals surface area (Å²) < 4.78 is 5.17. The molecule has 1 nitrogen and oxygen atoms in total. The van der Waals surface area contributed by atoms with Crippen LogP contribution in [-0.4, -0.2) is 6.10 Å². The largest absolute Gasteiger partial charge is 0.369 e. The van der Waals surface area contributed by atoms with Gasteiger partial charge in [-0.2, -0.15) is 0 Å². The van der Waals surface area contributed by atoms with E-state index in [1.165, 1.54) is 25.4 Å². The molecule has 0 aromatic rings. The average molecular weight is 83.1 g/mol. The number of hydrogen-bond donors (Lipinski definition) is 0. The molecule has 3 aliphatic rings. The molecule has 0 aromatic carbocycles. The minimum atomic E-state index is 0.653. The van der Waals surface area contributed by atoms with Crippen molar-refractivity contribution in [3.63, 3.8) is 0 Å². The van der Waals surface area contributed by atoms with Crippen LogP contribution >= 0.6 is 0 Å². The fourth-order valence-corrected chi connectivity index (χ4v) is 1.12. The Morgan fingerprint density at radius 3 is 2.67 bits per heavy atom. The Hall–Kier alpha value is -0.0400. The Bertz CT molecular complexity index is 50.8. The third-order valence-electron chi connectivity index (χ3n) is 1.53. The van der Waals surface area contributed by atoms with Gasteiger partial charge in [0.15, 0.2) is 0 Å². The molecule has 0 amide bonds. The second-order valence-corrected chi connectivity index (χ2v) is 2.02. The van der Waals surface area contributed by atoms with Crippen LogP contribution in [0.15, 0.2) is 0 Å². The summed E-state index contributed by atoms with van der Waals surface area (Å²) >= 11 is 0. The van der Waals surface area contributed by atoms with Crippen LogP contribution in [-0.2, 0) is 4.74 Å². The minimum Gasteiger partial charge on any atom is -0.369 e. The SMILES string of the molecule is C1CC2C[C]1O2. The van der Waals surface area contributed by atoms with E-state index in [1.54, 1.807) is 0 Å². The summed E-state index contributed by atoms with van der Waals surface area (Å²) in [7, 11) is 0. The molecule has 1 aliphatic carbocycles. The molecule has 1 saturated carbocycles. The summed E-state index contributed by atoms with van der Waals surface area (Å²) in [6.07, 6.45) is 5.83. The lowest BCUT2D eigenvalue weighted by Crippen LogP contribution is -2.18. The van der Waals surface area contributed by atoms with E-state index in [0.29, 0.717) is 6.10 Å². The number of hydrogen-bond acceptors (Lipinski definition) is 1. The van der Waals surface area contributed by atoms with Crippen LogP contribution in [0.2, 0.25) is 0 Å². The molecule has 1 heteroatoms. The Morgan fingerprint density at radius 2 is 2.50 bits per heavy atom. The molecule has 1 radical (unpaired) electrons. The fourth-order valence-electron chi connectivity index (χ4n) is 1.12. The molecule has 3 fully saturated rings. The molecule has 0 N–H and O–H groups in total. The van der Waals surface area contributed by atoms with E-state index in [9.17, 15) is 0 Å². The first-order valence-corrected chi connectivity index (χ1v) is 2.46. The van der Waals surface area contributed by atoms with E-state index >= 15 is 0 Å². The van der Waals surface area contributed by atoms with Gasteiger partial charge in [0.1, 0.15) is 6.10 Å². The van der Waals surface area contributed by atoms with Gasteiger partial charge in [-0.1, -0.05) is 0 Å². The molecule has 33 valence electrons. The maximum absolute atomic E-state index is 5.17. The predicted molar refractivity (Wildman–Crippen MR) is 22.0 cm³/mol. The maximum Gasteiger partial charge on any atom is 0.100 e. The zero-order valence-electron chi connectivity index (χ0n) is 3.61. The van der Waals surface area contributed by atoms with Gasteiger partial charge in [-0.15, -0.1) is 0 Å². The van der Waals surface area contributed by atoms with Crippen molar-refractivity contribution in [1.29, 1.82) is 0 Å². The van der Waals surface area contributed by atoms with Gasteiger partial charge in [-0.25, -0.2) is 0 Å². The summed E-state index contributed by atoms with van der Waals surface area (Å²) in [5.41, 5.74) is 0. The molecular weight excluding hydrogens is 76.1 g/mol. The third kappa shape index (κ3) is 0.207. The normalized spacial score (nSPS) is 43.0. The highest BCUT2D eigenvalue weighted by atomic mass is 16.5. The standard InChI is InChI=1S/C5H7O/c1-2-5-3-4(1)6-5/h4H,1-3H2. The van der Waals surface area contributed by atoms with Gasteiger partial charge in [0.05, 0.1) is 6.10 Å². The molecule has 2 bridgehead atoms. The van der Waals surface area contributed by atoms with E-state index in [4.69, 9.17) is 4.74 Å². The van der Waals surface area contributed by atoms with Crippen molar-refractivity contribution in [1.82, 2.24) is 0 Å². The van der Waals surface area contributed by atoms with Gasteiger partial charge >= 0.3 is 0 Å². The van der Waals surface area contributed by atoms with Crippen molar-refractivity contribution in [3.05, 3.63) is 6.10 Å². The molecular formula is C5H7O. The topological polar surface area (TPSA) is 9.23 Å². The van der Waals surface area contributed by atoms with Gasteiger partial charge < -0.3 is 4.74 Å². The average Bonchev–Trinajstić information content (AvgIpc) is 1.72. The van der Waals surface area contributed by atoms with E-state index in [1.807, 2.05) is 0 Å². The van der Waals surface area contributed by atoms with Gasteiger partial charge in [-0.3, -0.25) is 0 Å². The second-order valence-electron chi connectivity index (χ2n) is 2.02. The molecule has 6 heavy (non-hydrogen) atoms. The highest BCUT2D eigenvalue weighted by Crippen LogP contribution is 2.42. The van der Waals surface area contributed by atoms with Crippen LogP contribution in [0.1, 0.15) is 19.3 Å². The van der Waals surface area contributed by atoms with Crippen molar-refractivity contribution in [2.45, 2.75) is 25.4 Å². The molecule has 1 atom stereocenters. The Labute approximate surface area is 37.3 Å². The van der Waals surface area contributed by atoms with Crippen molar-refractivity contribution < 1.29 is 4.74 Å². The van der Waals surface area contributed by atoms with E-state index in [0.717, 1.165) is 0 Å². The van der Waals surface area contributed by atoms with Crippen LogP contribution < -0.4 is 0 Å². The monoisotopic (exact) mass is 83.0 g/mol. The van der Waals surface area contributed by atoms with Gasteiger partial charge in [0.2, 0.25) is 0 Å². The Morgan fingerprint density at radius 1 is 1.67 bits per heavy atom. The smallest absolute Gasteiger partial charge is 0.100 e. The summed E-state index contributed by atoms with van der Waals surface area (Å²) in [5.74, 6) is 0. The molecule has 2 aliphatic heterocycles. The zero-order chi connectivity index (χ0) is 3.98. The van der Waals surface area contributed by atoms with Gasteiger partial charge in [0.25, 0.3) is 0 Å². The van der Waals surface area contributed by atoms with Crippen LogP contribution in [0.3, 0.4) is 0 Å². The van der Waals surface area contributed by atoms with Crippen LogP contribution in [0.25, 0.3) is 0 Å². The quantitative estimate of drug-likeness (QED) is 0.426. The number of ether oxygens (including phenoxy) is 1. The van der Waals surface area contributed by atoms with Crippen molar-refractivity contribution in [2.75, 3.05) is 0 Å². The molecule has 2 heterocycles. The first-order valence-electron chi connectivity index (χ1n) is 2.46. The van der Waals surface area contributed by atoms with Gasteiger partial charge in [0, 0.05) is 6.42 Å². The zero-order valence-corrected chi connectivity index (χ0v) is 3.61. The third-order valence-corrected chi connectivity index (χ3v) is 1.53. The Kier molecular flexibility index (Phi) is 0.396. The van der Waals surface area contributed by atoms with Crippen molar-refractivity contribution in [3.8, 4) is 0 Å². The Balaban J connectivity index is 2.16. The summed E-state index contributed by atoms with van der Waals surface area (Å²) in [4.78, 5) is 0. The molecule has 3 rings (SSSR count). The summed E-state index contributed by atoms with van der Waals surface area (Å²) in [5, 5.41) is 0. The highest BCUT2D eigenvalue weighted by Gasteiger charge is 2.38. The molecule has 0 aromatic heterocycles. The van der Waals surface area contributed by atoms with Crippen LogP contribution in [0, 0.1) is 6.10 Å². The number of fused-ring (bicyclic) bond motifs is 1. The van der Waals surface area contributed by atoms with Crippen LogP contribution in [0.5, 0.6) is 0 Å². The summed E-state index contributed by atoms with van der Waals surface area (Å²) in [6, 6.07) is 0. The van der Waals surface area contributed by atoms with E-state index in [2.05, 4.69) is 0 Å². The molecule has 1 unspecified atom stereocenters. The van der Waals surface area contributed by atoms with Gasteiger partial charge in [-0.05, 0) is 12.8 Å². The highest BCUT2D eigenvalue weighted by molar-refractivity contribution is 5.00. The van der Waals surface area contributed by atoms with Crippen LogP contribution in [0.4, 0.5) is 0 Å². The number of rotatable bonds is 0. The first-order chi connectivity index (χ1) is 2.95.